The standard InChI is InChI=1S/C12H19N3/c1-15-11-2-4-12(5-6-12)10(3-7-13)9(11)8-14-15/h8,10H,2-7,13H2,1H3. The summed E-state index contributed by atoms with van der Waals surface area (Å²) in [6, 6.07) is 0. The third-order valence-corrected chi connectivity index (χ3v) is 4.42. The number of hydrogen-bond acceptors (Lipinski definition) is 2. The van der Waals surface area contributed by atoms with Crippen molar-refractivity contribution in [2.24, 2.45) is 18.2 Å². The van der Waals surface area contributed by atoms with Crippen LogP contribution >= 0.6 is 0 Å². The van der Waals surface area contributed by atoms with Crippen LogP contribution in [0.2, 0.25) is 0 Å². The fourth-order valence-corrected chi connectivity index (χ4v) is 3.34. The minimum absolute atomic E-state index is 0.620. The Morgan fingerprint density at radius 3 is 3.00 bits per heavy atom. The molecule has 0 amide bonds. The molecule has 1 aromatic rings. The van der Waals surface area contributed by atoms with Gasteiger partial charge in [0.05, 0.1) is 6.20 Å². The van der Waals surface area contributed by atoms with Crippen LogP contribution in [0.3, 0.4) is 0 Å². The zero-order valence-corrected chi connectivity index (χ0v) is 9.37. The normalized spacial score (nSPS) is 26.7. The highest BCUT2D eigenvalue weighted by atomic mass is 15.3. The van der Waals surface area contributed by atoms with E-state index in [2.05, 4.69) is 18.3 Å². The van der Waals surface area contributed by atoms with Gasteiger partial charge in [-0.1, -0.05) is 0 Å². The molecule has 3 heteroatoms. The number of nitrogens with two attached hydrogens (primary N) is 1. The molecule has 0 saturated heterocycles. The highest BCUT2D eigenvalue weighted by Gasteiger charge is 2.51. The van der Waals surface area contributed by atoms with Crippen LogP contribution in [0.5, 0.6) is 0 Å². The molecule has 1 saturated carbocycles. The van der Waals surface area contributed by atoms with Gasteiger partial charge in [-0.25, -0.2) is 0 Å². The molecule has 2 aliphatic carbocycles. The number of nitrogens with zero attached hydrogens (tertiary/aromatic N) is 2. The molecule has 1 fully saturated rings. The van der Waals surface area contributed by atoms with Crippen LogP contribution in [-0.4, -0.2) is 16.3 Å². The Kier molecular flexibility index (Phi) is 1.93. The molecule has 2 aliphatic rings. The van der Waals surface area contributed by atoms with Crippen LogP contribution < -0.4 is 5.73 Å². The van der Waals surface area contributed by atoms with E-state index in [0.717, 1.165) is 13.0 Å². The molecule has 3 rings (SSSR count). The predicted molar refractivity (Wildman–Crippen MR) is 59.6 cm³/mol. The van der Waals surface area contributed by atoms with E-state index in [9.17, 15) is 0 Å². The molecule has 0 aliphatic heterocycles. The average molecular weight is 205 g/mol. The van der Waals surface area contributed by atoms with Crippen LogP contribution in [0, 0.1) is 5.41 Å². The maximum atomic E-state index is 5.74. The van der Waals surface area contributed by atoms with E-state index < -0.39 is 0 Å². The summed E-state index contributed by atoms with van der Waals surface area (Å²) in [7, 11) is 2.06. The van der Waals surface area contributed by atoms with Crippen molar-refractivity contribution in [2.45, 2.75) is 38.0 Å². The molecule has 1 spiro atoms. The predicted octanol–water partition coefficient (Wildman–Crippen LogP) is 1.58. The average Bonchev–Trinajstić information content (AvgIpc) is 2.91. The van der Waals surface area contributed by atoms with Gasteiger partial charge >= 0.3 is 0 Å². The summed E-state index contributed by atoms with van der Waals surface area (Å²) >= 11 is 0. The van der Waals surface area contributed by atoms with Crippen molar-refractivity contribution in [2.75, 3.05) is 6.54 Å². The van der Waals surface area contributed by atoms with E-state index in [1.165, 1.54) is 36.9 Å². The minimum atomic E-state index is 0.620. The largest absolute Gasteiger partial charge is 0.330 e. The highest BCUT2D eigenvalue weighted by molar-refractivity contribution is 5.31. The molecule has 0 radical (unpaired) electrons. The summed E-state index contributed by atoms with van der Waals surface area (Å²) in [4.78, 5) is 0. The summed E-state index contributed by atoms with van der Waals surface area (Å²) in [6.07, 6.45) is 8.60. The quantitative estimate of drug-likeness (QED) is 0.796. The van der Waals surface area contributed by atoms with E-state index >= 15 is 0 Å². The topological polar surface area (TPSA) is 43.8 Å². The van der Waals surface area contributed by atoms with Gasteiger partial charge in [0.25, 0.3) is 0 Å². The fourth-order valence-electron chi connectivity index (χ4n) is 3.34. The van der Waals surface area contributed by atoms with Crippen LogP contribution in [-0.2, 0) is 13.5 Å². The Morgan fingerprint density at radius 1 is 1.53 bits per heavy atom. The molecule has 0 aromatic carbocycles. The summed E-state index contributed by atoms with van der Waals surface area (Å²) in [6.45, 7) is 0.806. The molecular weight excluding hydrogens is 186 g/mol. The van der Waals surface area contributed by atoms with E-state index in [4.69, 9.17) is 5.73 Å². The lowest BCUT2D eigenvalue weighted by Crippen LogP contribution is -2.24. The first-order valence-corrected chi connectivity index (χ1v) is 5.98. The van der Waals surface area contributed by atoms with Gasteiger partial charge < -0.3 is 5.73 Å². The number of rotatable bonds is 2. The Hall–Kier alpha value is -0.830. The smallest absolute Gasteiger partial charge is 0.0527 e. The molecule has 0 bridgehead atoms. The lowest BCUT2D eigenvalue weighted by Gasteiger charge is -2.31. The molecule has 2 N–H and O–H groups in total. The first-order chi connectivity index (χ1) is 7.27. The van der Waals surface area contributed by atoms with Gasteiger partial charge in [-0.15, -0.1) is 0 Å². The van der Waals surface area contributed by atoms with Gasteiger partial charge in [-0.2, -0.15) is 5.10 Å². The van der Waals surface area contributed by atoms with Crippen LogP contribution in [0.4, 0.5) is 0 Å². The molecule has 1 unspecified atom stereocenters. The molecule has 15 heavy (non-hydrogen) atoms. The van der Waals surface area contributed by atoms with Crippen LogP contribution in [0.1, 0.15) is 42.9 Å². The molecular formula is C12H19N3. The number of fused-ring (bicyclic) bond motifs is 1. The zero-order chi connectivity index (χ0) is 10.5. The van der Waals surface area contributed by atoms with Gasteiger partial charge in [0.1, 0.15) is 0 Å². The Morgan fingerprint density at radius 2 is 2.33 bits per heavy atom. The molecule has 82 valence electrons. The van der Waals surface area contributed by atoms with Crippen molar-refractivity contribution in [1.29, 1.82) is 0 Å². The maximum Gasteiger partial charge on any atom is 0.0527 e. The lowest BCUT2D eigenvalue weighted by molar-refractivity contribution is 0.329. The summed E-state index contributed by atoms with van der Waals surface area (Å²) in [5.74, 6) is 0.694. The molecule has 3 nitrogen and oxygen atoms in total. The highest BCUT2D eigenvalue weighted by Crippen LogP contribution is 2.62. The first-order valence-electron chi connectivity index (χ1n) is 5.98. The van der Waals surface area contributed by atoms with E-state index in [1.54, 1.807) is 0 Å². The maximum absolute atomic E-state index is 5.74. The zero-order valence-electron chi connectivity index (χ0n) is 9.37. The van der Waals surface area contributed by atoms with Crippen molar-refractivity contribution in [3.05, 3.63) is 17.5 Å². The summed E-state index contributed by atoms with van der Waals surface area (Å²) in [5.41, 5.74) is 9.31. The summed E-state index contributed by atoms with van der Waals surface area (Å²) in [5, 5.41) is 4.40. The second kappa shape index (κ2) is 3.08. The van der Waals surface area contributed by atoms with E-state index in [1.807, 2.05) is 4.68 Å². The first kappa shape index (κ1) is 9.40. The Labute approximate surface area is 90.7 Å². The van der Waals surface area contributed by atoms with Gasteiger partial charge in [-0.05, 0) is 55.5 Å². The second-order valence-corrected chi connectivity index (χ2v) is 5.16. The Balaban J connectivity index is 2.00. The SMILES string of the molecule is Cn1ncc2c1CCC1(CC1)C2CCN. The third kappa shape index (κ3) is 1.26. The van der Waals surface area contributed by atoms with Crippen LogP contribution in [0.25, 0.3) is 0 Å². The Bertz CT molecular complexity index is 376. The van der Waals surface area contributed by atoms with Crippen molar-refractivity contribution < 1.29 is 0 Å². The second-order valence-electron chi connectivity index (χ2n) is 5.16. The minimum Gasteiger partial charge on any atom is -0.330 e. The van der Waals surface area contributed by atoms with Crippen molar-refractivity contribution >= 4 is 0 Å². The third-order valence-electron chi connectivity index (χ3n) is 4.42. The van der Waals surface area contributed by atoms with Crippen molar-refractivity contribution in [3.63, 3.8) is 0 Å². The molecule has 1 aromatic heterocycles. The number of aromatic nitrogens is 2. The van der Waals surface area contributed by atoms with Gasteiger partial charge in [-0.3, -0.25) is 4.68 Å². The van der Waals surface area contributed by atoms with E-state index in [-0.39, 0.29) is 0 Å². The summed E-state index contributed by atoms with van der Waals surface area (Å²) < 4.78 is 2.05. The molecule has 1 heterocycles. The number of aryl methyl sites for hydroxylation is 1. The van der Waals surface area contributed by atoms with Crippen molar-refractivity contribution in [1.82, 2.24) is 9.78 Å². The monoisotopic (exact) mass is 205 g/mol. The molecule has 1 atom stereocenters. The number of hydrogen-bond donors (Lipinski definition) is 1. The van der Waals surface area contributed by atoms with E-state index in [0.29, 0.717) is 11.3 Å². The van der Waals surface area contributed by atoms with Crippen LogP contribution in [0.15, 0.2) is 6.20 Å². The van der Waals surface area contributed by atoms with Crippen molar-refractivity contribution in [3.8, 4) is 0 Å². The fraction of sp³-hybridized carbons (Fsp3) is 0.750. The van der Waals surface area contributed by atoms with Gasteiger partial charge in [0.2, 0.25) is 0 Å². The van der Waals surface area contributed by atoms with Gasteiger partial charge in [0.15, 0.2) is 0 Å². The lowest BCUT2D eigenvalue weighted by atomic mass is 9.73. The van der Waals surface area contributed by atoms with Gasteiger partial charge in [0, 0.05) is 12.7 Å².